The van der Waals surface area contributed by atoms with Gasteiger partial charge in [-0.05, 0) is 11.6 Å². The Morgan fingerprint density at radius 3 is 2.53 bits per heavy atom. The molecule has 0 bridgehead atoms. The summed E-state index contributed by atoms with van der Waals surface area (Å²) in [5.41, 5.74) is 5.62. The lowest BCUT2D eigenvalue weighted by molar-refractivity contribution is -0.146. The molecule has 96 valence electrons. The van der Waals surface area contributed by atoms with Crippen LogP contribution in [0.4, 0.5) is 17.6 Å². The van der Waals surface area contributed by atoms with E-state index in [0.717, 1.165) is 17.2 Å². The number of nitrogens with two attached hydrogens (primary N) is 1. The fraction of sp³-hybridized carbons (Fsp3) is 0.500. The van der Waals surface area contributed by atoms with Gasteiger partial charge in [-0.2, -0.15) is 13.2 Å². The molecule has 3 nitrogen and oxygen atoms in total. The highest BCUT2D eigenvalue weighted by molar-refractivity contribution is 5.09. The molecule has 0 spiro atoms. The van der Waals surface area contributed by atoms with Gasteiger partial charge < -0.3 is 5.73 Å². The van der Waals surface area contributed by atoms with Crippen molar-refractivity contribution in [3.63, 3.8) is 0 Å². The third-order valence-electron chi connectivity index (χ3n) is 2.02. The summed E-state index contributed by atoms with van der Waals surface area (Å²) >= 11 is 0. The summed E-state index contributed by atoms with van der Waals surface area (Å²) in [6.45, 7) is -0.892. The maximum Gasteiger partial charge on any atom is 0.401 e. The number of halogens is 4. The topological polar surface area (TPSA) is 42.1 Å². The molecular formula is C10H13F4N3. The maximum atomic E-state index is 12.8. The molecule has 0 atom stereocenters. The lowest BCUT2D eigenvalue weighted by Gasteiger charge is -2.22. The van der Waals surface area contributed by atoms with Gasteiger partial charge in [-0.3, -0.25) is 9.88 Å². The zero-order valence-electron chi connectivity index (χ0n) is 9.04. The second-order valence-electron chi connectivity index (χ2n) is 3.63. The third-order valence-corrected chi connectivity index (χ3v) is 2.02. The largest absolute Gasteiger partial charge is 0.401 e. The maximum absolute atomic E-state index is 12.8. The average molecular weight is 251 g/mol. The molecule has 0 saturated carbocycles. The van der Waals surface area contributed by atoms with Gasteiger partial charge in [0.1, 0.15) is 5.82 Å². The Bertz CT molecular complexity index is 354. The predicted octanol–water partition coefficient (Wildman–Crippen LogP) is 1.54. The zero-order chi connectivity index (χ0) is 12.9. The molecule has 0 saturated heterocycles. The first-order valence-electron chi connectivity index (χ1n) is 4.99. The zero-order valence-corrected chi connectivity index (χ0v) is 9.04. The van der Waals surface area contributed by atoms with E-state index in [9.17, 15) is 17.6 Å². The quantitative estimate of drug-likeness (QED) is 0.807. The Labute approximate surface area is 96.2 Å². The summed E-state index contributed by atoms with van der Waals surface area (Å²) in [6, 6.07) is 1.16. The monoisotopic (exact) mass is 251 g/mol. The molecule has 0 aliphatic rings. The van der Waals surface area contributed by atoms with Gasteiger partial charge in [-0.1, -0.05) is 0 Å². The summed E-state index contributed by atoms with van der Waals surface area (Å²) in [4.78, 5) is 4.69. The van der Waals surface area contributed by atoms with Crippen molar-refractivity contribution in [3.8, 4) is 0 Å². The van der Waals surface area contributed by atoms with Gasteiger partial charge in [0.05, 0.1) is 12.7 Å². The summed E-state index contributed by atoms with van der Waals surface area (Å²) in [6.07, 6.45) is -1.96. The van der Waals surface area contributed by atoms with Crippen LogP contribution in [0.5, 0.6) is 0 Å². The highest BCUT2D eigenvalue weighted by Gasteiger charge is 2.30. The lowest BCUT2D eigenvalue weighted by Crippen LogP contribution is -2.37. The van der Waals surface area contributed by atoms with Crippen molar-refractivity contribution in [1.29, 1.82) is 0 Å². The molecule has 2 N–H and O–H groups in total. The molecule has 0 aromatic carbocycles. The van der Waals surface area contributed by atoms with Crippen molar-refractivity contribution in [2.24, 2.45) is 5.73 Å². The minimum absolute atomic E-state index is 0.0263. The molecule has 1 aromatic heterocycles. The minimum atomic E-state index is -4.30. The van der Waals surface area contributed by atoms with Crippen LogP contribution in [0, 0.1) is 5.82 Å². The highest BCUT2D eigenvalue weighted by Crippen LogP contribution is 2.17. The molecule has 0 amide bonds. The Morgan fingerprint density at radius 1 is 1.29 bits per heavy atom. The first-order valence-corrected chi connectivity index (χ1v) is 4.99. The number of hydrogen-bond donors (Lipinski definition) is 1. The molecule has 1 rings (SSSR count). The van der Waals surface area contributed by atoms with Gasteiger partial charge >= 0.3 is 6.18 Å². The van der Waals surface area contributed by atoms with Gasteiger partial charge in [0, 0.05) is 25.8 Å². The van der Waals surface area contributed by atoms with E-state index < -0.39 is 18.5 Å². The van der Waals surface area contributed by atoms with Crippen LogP contribution in [0.2, 0.25) is 0 Å². The van der Waals surface area contributed by atoms with Crippen molar-refractivity contribution < 1.29 is 17.6 Å². The SMILES string of the molecule is NCCN(Cc1cncc(F)c1)CC(F)(F)F. The van der Waals surface area contributed by atoms with E-state index in [2.05, 4.69) is 4.98 Å². The van der Waals surface area contributed by atoms with Crippen molar-refractivity contribution in [1.82, 2.24) is 9.88 Å². The molecular weight excluding hydrogens is 238 g/mol. The molecule has 0 aliphatic carbocycles. The second-order valence-corrected chi connectivity index (χ2v) is 3.63. The molecule has 7 heteroatoms. The van der Waals surface area contributed by atoms with E-state index >= 15 is 0 Å². The van der Waals surface area contributed by atoms with Gasteiger partial charge in [0.15, 0.2) is 0 Å². The highest BCUT2D eigenvalue weighted by atomic mass is 19.4. The number of hydrogen-bond acceptors (Lipinski definition) is 3. The molecule has 0 unspecified atom stereocenters. The standard InChI is InChI=1S/C10H13F4N3/c11-9-3-8(4-16-5-9)6-17(2-1-15)7-10(12,13)14/h3-5H,1-2,6-7,15H2. The number of nitrogens with zero attached hydrogens (tertiary/aromatic N) is 2. The van der Waals surface area contributed by atoms with Gasteiger partial charge in [-0.25, -0.2) is 4.39 Å². The van der Waals surface area contributed by atoms with Crippen molar-refractivity contribution in [2.75, 3.05) is 19.6 Å². The first kappa shape index (κ1) is 13.9. The summed E-state index contributed by atoms with van der Waals surface area (Å²) in [5, 5.41) is 0. The summed E-state index contributed by atoms with van der Waals surface area (Å²) in [5.74, 6) is -0.567. The van der Waals surface area contributed by atoms with E-state index in [1.54, 1.807) is 0 Å². The van der Waals surface area contributed by atoms with Crippen molar-refractivity contribution in [3.05, 3.63) is 29.8 Å². The van der Waals surface area contributed by atoms with Crippen LogP contribution in [0.25, 0.3) is 0 Å². The Balaban J connectivity index is 2.66. The van der Waals surface area contributed by atoms with E-state index in [1.165, 1.54) is 6.20 Å². The Morgan fingerprint density at radius 2 is 2.00 bits per heavy atom. The molecule has 17 heavy (non-hydrogen) atoms. The van der Waals surface area contributed by atoms with Crippen LogP contribution in [-0.2, 0) is 6.54 Å². The Kier molecular flexibility index (Phi) is 4.83. The molecule has 0 fully saturated rings. The van der Waals surface area contributed by atoms with Crippen LogP contribution in [-0.4, -0.2) is 35.7 Å². The third kappa shape index (κ3) is 5.60. The fourth-order valence-corrected chi connectivity index (χ4v) is 1.45. The smallest absolute Gasteiger partial charge is 0.329 e. The normalized spacial score (nSPS) is 12.1. The van der Waals surface area contributed by atoms with Gasteiger partial charge in [0.25, 0.3) is 0 Å². The van der Waals surface area contributed by atoms with Gasteiger partial charge in [-0.15, -0.1) is 0 Å². The Hall–Kier alpha value is -1.21. The lowest BCUT2D eigenvalue weighted by atomic mass is 10.2. The van der Waals surface area contributed by atoms with Crippen LogP contribution in [0.3, 0.4) is 0 Å². The number of pyridine rings is 1. The second kappa shape index (κ2) is 5.92. The van der Waals surface area contributed by atoms with Crippen LogP contribution in [0.1, 0.15) is 5.56 Å². The number of rotatable bonds is 5. The molecule has 1 aromatic rings. The summed E-state index contributed by atoms with van der Waals surface area (Å²) in [7, 11) is 0. The number of aromatic nitrogens is 1. The number of alkyl halides is 3. The van der Waals surface area contributed by atoms with Crippen LogP contribution < -0.4 is 5.73 Å². The first-order chi connectivity index (χ1) is 7.90. The molecule has 0 aliphatic heterocycles. The van der Waals surface area contributed by atoms with E-state index in [1.807, 2.05) is 0 Å². The van der Waals surface area contributed by atoms with E-state index in [0.29, 0.717) is 5.56 Å². The van der Waals surface area contributed by atoms with Crippen LogP contribution >= 0.6 is 0 Å². The average Bonchev–Trinajstić information content (AvgIpc) is 2.15. The van der Waals surface area contributed by atoms with E-state index in [4.69, 9.17) is 5.73 Å². The van der Waals surface area contributed by atoms with Crippen molar-refractivity contribution in [2.45, 2.75) is 12.7 Å². The summed E-state index contributed by atoms with van der Waals surface area (Å²) < 4.78 is 49.5. The van der Waals surface area contributed by atoms with Crippen LogP contribution in [0.15, 0.2) is 18.5 Å². The van der Waals surface area contributed by atoms with E-state index in [-0.39, 0.29) is 19.6 Å². The van der Waals surface area contributed by atoms with Gasteiger partial charge in [0.2, 0.25) is 0 Å². The predicted molar refractivity (Wildman–Crippen MR) is 54.6 cm³/mol. The fourth-order valence-electron chi connectivity index (χ4n) is 1.45. The molecule has 1 heterocycles. The molecule has 0 radical (unpaired) electrons. The minimum Gasteiger partial charge on any atom is -0.329 e. The van der Waals surface area contributed by atoms with Crippen molar-refractivity contribution >= 4 is 0 Å².